The summed E-state index contributed by atoms with van der Waals surface area (Å²) in [6.07, 6.45) is 0. The number of hydrogen-bond acceptors (Lipinski definition) is 6. The van der Waals surface area contributed by atoms with Crippen LogP contribution >= 0.6 is 12.8 Å². The number of benzene rings is 2. The summed E-state index contributed by atoms with van der Waals surface area (Å²) in [6, 6.07) is 15.5. The molecule has 2 aromatic carbocycles. The summed E-state index contributed by atoms with van der Waals surface area (Å²) in [4.78, 5) is 0. The molecule has 2 rings (SSSR count). The number of thiol groups is 1. The lowest BCUT2D eigenvalue weighted by molar-refractivity contribution is 0.518. The highest BCUT2D eigenvalue weighted by Crippen LogP contribution is 2.08. The first kappa shape index (κ1) is 19.8. The lowest BCUT2D eigenvalue weighted by Gasteiger charge is -2.20. The van der Waals surface area contributed by atoms with Crippen molar-refractivity contribution in [3.63, 3.8) is 0 Å². The van der Waals surface area contributed by atoms with E-state index in [9.17, 15) is 0 Å². The smallest absolute Gasteiger partial charge is 0.0484 e. The van der Waals surface area contributed by atoms with Crippen LogP contribution in [0.3, 0.4) is 0 Å². The molecule has 0 aliphatic carbocycles. The average molecular weight is 370 g/mol. The van der Waals surface area contributed by atoms with Gasteiger partial charge in [-0.2, -0.15) is 0 Å². The van der Waals surface area contributed by atoms with Crippen molar-refractivity contribution in [2.45, 2.75) is 13.1 Å². The fraction of sp³-hybridized carbons (Fsp3) is 0.200. The minimum absolute atomic E-state index is 0.612. The molecule has 2 aromatic rings. The van der Waals surface area contributed by atoms with Crippen LogP contribution in [0.4, 0.5) is 11.4 Å². The van der Waals surface area contributed by atoms with Crippen molar-refractivity contribution in [1.82, 2.24) is 14.9 Å². The molecule has 0 saturated carbocycles. The van der Waals surface area contributed by atoms with Gasteiger partial charge in [-0.1, -0.05) is 50.2 Å². The second-order valence-corrected chi connectivity index (χ2v) is 6.79. The lowest BCUT2D eigenvalue weighted by Crippen LogP contribution is -2.28. The van der Waals surface area contributed by atoms with Crippen molar-refractivity contribution in [2.75, 3.05) is 24.6 Å². The van der Waals surface area contributed by atoms with Gasteiger partial charge in [0.1, 0.15) is 0 Å². The third-order valence-corrected chi connectivity index (χ3v) is 4.07. The Kier molecular flexibility index (Phi) is 7.44. The minimum Gasteiger partial charge on any atom is -0.399 e. The Morgan fingerprint density at radius 1 is 0.769 bits per heavy atom. The maximum atomic E-state index is 5.69. The van der Waals surface area contributed by atoms with Crippen molar-refractivity contribution in [3.05, 3.63) is 84.2 Å². The molecular formula is C20H27N5S. The summed E-state index contributed by atoms with van der Waals surface area (Å²) in [5.74, 6) is 0. The largest absolute Gasteiger partial charge is 0.399 e. The van der Waals surface area contributed by atoms with E-state index in [1.54, 1.807) is 0 Å². The Labute approximate surface area is 161 Å². The van der Waals surface area contributed by atoms with Crippen molar-refractivity contribution in [3.8, 4) is 0 Å². The molecule has 0 atom stereocenters. The molecule has 0 saturated heterocycles. The van der Waals surface area contributed by atoms with Gasteiger partial charge in [0.05, 0.1) is 0 Å². The predicted octanol–water partition coefficient (Wildman–Crippen LogP) is 2.90. The maximum Gasteiger partial charge on any atom is 0.0484 e. The molecule has 6 heteroatoms. The van der Waals surface area contributed by atoms with Crippen LogP contribution in [0, 0.1) is 0 Å². The van der Waals surface area contributed by atoms with Gasteiger partial charge in [0.15, 0.2) is 0 Å². The molecule has 26 heavy (non-hydrogen) atoms. The van der Waals surface area contributed by atoms with Crippen LogP contribution in [0.5, 0.6) is 0 Å². The Morgan fingerprint density at radius 2 is 1.12 bits per heavy atom. The fourth-order valence-electron chi connectivity index (χ4n) is 2.33. The van der Waals surface area contributed by atoms with Crippen molar-refractivity contribution >= 4 is 24.2 Å². The van der Waals surface area contributed by atoms with Crippen molar-refractivity contribution in [1.29, 1.82) is 0 Å². The average Bonchev–Trinajstić information content (AvgIpc) is 2.60. The first-order chi connectivity index (χ1) is 12.4. The van der Waals surface area contributed by atoms with Crippen LogP contribution in [-0.4, -0.2) is 17.4 Å². The van der Waals surface area contributed by atoms with Gasteiger partial charge >= 0.3 is 0 Å². The van der Waals surface area contributed by atoms with Gasteiger partial charge in [-0.25, -0.2) is 4.31 Å². The van der Waals surface area contributed by atoms with E-state index in [-0.39, 0.29) is 0 Å². The molecule has 5 nitrogen and oxygen atoms in total. The van der Waals surface area contributed by atoms with Crippen molar-refractivity contribution < 1.29 is 0 Å². The number of nitrogens with zero attached hydrogens (tertiary/aromatic N) is 1. The van der Waals surface area contributed by atoms with Crippen LogP contribution in [0.1, 0.15) is 11.1 Å². The number of hydrogen-bond donors (Lipinski definition) is 5. The van der Waals surface area contributed by atoms with E-state index < -0.39 is 0 Å². The van der Waals surface area contributed by atoms with Gasteiger partial charge in [-0.05, 0) is 35.4 Å². The SMILES string of the molecule is C=C(CN(S)CC(=C)NCc1ccc(N)cc1)NCc1ccc(N)cc1. The van der Waals surface area contributed by atoms with Gasteiger partial charge < -0.3 is 22.1 Å². The van der Waals surface area contributed by atoms with Crippen LogP contribution in [0.2, 0.25) is 0 Å². The van der Waals surface area contributed by atoms with Crippen LogP contribution in [0.15, 0.2) is 73.1 Å². The molecule has 138 valence electrons. The van der Waals surface area contributed by atoms with E-state index in [2.05, 4.69) is 36.6 Å². The molecule has 0 amide bonds. The summed E-state index contributed by atoms with van der Waals surface area (Å²) in [7, 11) is 0. The molecule has 0 aliphatic rings. The Morgan fingerprint density at radius 3 is 1.46 bits per heavy atom. The Balaban J connectivity index is 1.67. The summed E-state index contributed by atoms with van der Waals surface area (Å²) < 4.78 is 1.86. The van der Waals surface area contributed by atoms with Gasteiger partial charge in [0.2, 0.25) is 0 Å². The van der Waals surface area contributed by atoms with E-state index in [0.717, 1.165) is 33.9 Å². The molecule has 0 unspecified atom stereocenters. The molecule has 0 bridgehead atoms. The zero-order valence-corrected chi connectivity index (χ0v) is 15.8. The first-order valence-corrected chi connectivity index (χ1v) is 8.78. The molecule has 0 radical (unpaired) electrons. The molecule has 0 aromatic heterocycles. The van der Waals surface area contributed by atoms with E-state index in [1.165, 1.54) is 0 Å². The van der Waals surface area contributed by atoms with E-state index >= 15 is 0 Å². The monoisotopic (exact) mass is 369 g/mol. The molecule has 0 heterocycles. The summed E-state index contributed by atoms with van der Waals surface area (Å²) in [5.41, 5.74) is 17.0. The molecule has 6 N–H and O–H groups in total. The van der Waals surface area contributed by atoms with Gasteiger partial charge in [-0.15, -0.1) is 0 Å². The Hall–Kier alpha value is -2.57. The van der Waals surface area contributed by atoms with Crippen LogP contribution < -0.4 is 22.1 Å². The minimum atomic E-state index is 0.612. The number of nitrogens with two attached hydrogens (primary N) is 2. The lowest BCUT2D eigenvalue weighted by atomic mass is 10.2. The Bertz CT molecular complexity index is 661. The summed E-state index contributed by atoms with van der Waals surface area (Å²) in [5, 5.41) is 6.60. The first-order valence-electron chi connectivity index (χ1n) is 8.38. The van der Waals surface area contributed by atoms with Gasteiger partial charge in [0, 0.05) is 48.9 Å². The normalized spacial score (nSPS) is 10.5. The molecule has 0 fully saturated rings. The third-order valence-electron chi connectivity index (χ3n) is 3.79. The maximum absolute atomic E-state index is 5.69. The highest BCUT2D eigenvalue weighted by atomic mass is 32.1. The molecule has 0 spiro atoms. The highest BCUT2D eigenvalue weighted by molar-refractivity contribution is 7.77. The van der Waals surface area contributed by atoms with E-state index in [0.29, 0.717) is 26.2 Å². The zero-order valence-electron chi connectivity index (χ0n) is 14.9. The van der Waals surface area contributed by atoms with Gasteiger partial charge in [-0.3, -0.25) is 0 Å². The number of nitrogen functional groups attached to an aromatic ring is 2. The van der Waals surface area contributed by atoms with Crippen molar-refractivity contribution in [2.24, 2.45) is 0 Å². The standard InChI is InChI=1S/C20H27N5S/c1-15(23-11-17-3-7-19(21)8-4-17)13-25(26)14-16(2)24-12-18-5-9-20(22)10-6-18/h3-10,23-24,26H,1-2,11-14,21-22H2. The van der Waals surface area contributed by atoms with E-state index in [1.807, 2.05) is 52.8 Å². The number of nitrogens with one attached hydrogen (secondary N) is 2. The second-order valence-electron chi connectivity index (χ2n) is 6.22. The summed E-state index contributed by atoms with van der Waals surface area (Å²) >= 11 is 4.49. The van der Waals surface area contributed by atoms with E-state index in [4.69, 9.17) is 11.5 Å². The third kappa shape index (κ3) is 7.13. The number of rotatable bonds is 10. The second kappa shape index (κ2) is 9.79. The quantitative estimate of drug-likeness (QED) is 0.329. The fourth-order valence-corrected chi connectivity index (χ4v) is 2.67. The van der Waals surface area contributed by atoms with Crippen LogP contribution in [-0.2, 0) is 13.1 Å². The zero-order chi connectivity index (χ0) is 18.9. The molecular weight excluding hydrogens is 342 g/mol. The highest BCUT2D eigenvalue weighted by Gasteiger charge is 2.05. The summed E-state index contributed by atoms with van der Waals surface area (Å²) in [6.45, 7) is 10.7. The predicted molar refractivity (Wildman–Crippen MR) is 114 cm³/mol. The topological polar surface area (TPSA) is 79.3 Å². The number of anilines is 2. The van der Waals surface area contributed by atoms with Gasteiger partial charge in [0.25, 0.3) is 0 Å². The van der Waals surface area contributed by atoms with Crippen LogP contribution in [0.25, 0.3) is 0 Å². The molecule has 0 aliphatic heterocycles.